The number of nitrogen functional groups attached to an aromatic ring is 1. The minimum absolute atomic E-state index is 0.113. The predicted molar refractivity (Wildman–Crippen MR) is 84.5 cm³/mol. The summed E-state index contributed by atoms with van der Waals surface area (Å²) in [6.07, 6.45) is 1.09. The quantitative estimate of drug-likeness (QED) is 0.383. The monoisotopic (exact) mass is 338 g/mol. The molecule has 1 fully saturated rings. The fourth-order valence-electron chi connectivity index (χ4n) is 2.62. The maximum atomic E-state index is 10.3. The van der Waals surface area contributed by atoms with Gasteiger partial charge in [-0.05, 0) is 6.42 Å². The summed E-state index contributed by atoms with van der Waals surface area (Å²) in [6, 6.07) is 0. The molecule has 1 aliphatic heterocycles. The lowest BCUT2D eigenvalue weighted by Crippen LogP contribution is -2.35. The van der Waals surface area contributed by atoms with E-state index in [2.05, 4.69) is 27.4 Å². The molecule has 1 aliphatic rings. The molecule has 0 amide bonds. The van der Waals surface area contributed by atoms with Crippen LogP contribution in [0.1, 0.15) is 26.0 Å². The Bertz CT molecular complexity index is 680. The van der Waals surface area contributed by atoms with E-state index in [1.165, 1.54) is 17.2 Å². The van der Waals surface area contributed by atoms with Crippen molar-refractivity contribution in [2.75, 3.05) is 18.9 Å². The number of hydrogen-bond donors (Lipinski definition) is 4. The average molecular weight is 338 g/mol. The third-order valence-electron chi connectivity index (χ3n) is 3.98. The van der Waals surface area contributed by atoms with Crippen molar-refractivity contribution in [2.24, 2.45) is 0 Å². The van der Waals surface area contributed by atoms with Crippen molar-refractivity contribution in [2.45, 2.75) is 44.3 Å². The summed E-state index contributed by atoms with van der Waals surface area (Å²) >= 11 is 0. The number of rotatable bonds is 7. The van der Waals surface area contributed by atoms with Gasteiger partial charge < -0.3 is 20.7 Å². The zero-order valence-corrected chi connectivity index (χ0v) is 13.4. The van der Waals surface area contributed by atoms with Crippen LogP contribution in [0.25, 0.3) is 11.2 Å². The highest BCUT2D eigenvalue weighted by atomic mass is 16.7. The first kappa shape index (κ1) is 17.0. The number of aliphatic hydroxyl groups is 2. The molecule has 0 radical (unpaired) electrons. The molecule has 10 nitrogen and oxygen atoms in total. The van der Waals surface area contributed by atoms with Gasteiger partial charge in [0.25, 0.3) is 0 Å². The molecule has 4 atom stereocenters. The lowest BCUT2D eigenvalue weighted by Gasteiger charge is -2.16. The fraction of sp³-hybridized carbons (Fsp3) is 0.643. The Morgan fingerprint density at radius 2 is 2.17 bits per heavy atom. The second-order valence-electron chi connectivity index (χ2n) is 5.69. The summed E-state index contributed by atoms with van der Waals surface area (Å²) in [7, 11) is 0. The Labute approximate surface area is 138 Å². The molecule has 2 aromatic rings. The number of hydrogen-bond acceptors (Lipinski definition) is 9. The highest BCUT2D eigenvalue weighted by molar-refractivity contribution is 5.81. The molecule has 132 valence electrons. The Morgan fingerprint density at radius 3 is 2.96 bits per heavy atom. The van der Waals surface area contributed by atoms with Crippen LogP contribution in [-0.2, 0) is 9.57 Å². The normalized spacial score (nSPS) is 27.1. The van der Waals surface area contributed by atoms with Gasteiger partial charge in [0, 0.05) is 6.54 Å². The van der Waals surface area contributed by atoms with E-state index in [9.17, 15) is 10.2 Å². The van der Waals surface area contributed by atoms with Crippen LogP contribution in [-0.4, -0.2) is 61.2 Å². The Morgan fingerprint density at radius 1 is 1.33 bits per heavy atom. The van der Waals surface area contributed by atoms with E-state index in [1.54, 1.807) is 0 Å². The first-order valence-corrected chi connectivity index (χ1v) is 7.92. The van der Waals surface area contributed by atoms with Gasteiger partial charge in [0.1, 0.15) is 30.2 Å². The molecule has 24 heavy (non-hydrogen) atoms. The van der Waals surface area contributed by atoms with Gasteiger partial charge in [-0.3, -0.25) is 9.40 Å². The molecular weight excluding hydrogens is 316 g/mol. The van der Waals surface area contributed by atoms with Gasteiger partial charge in [0.2, 0.25) is 0 Å². The van der Waals surface area contributed by atoms with Gasteiger partial charge in [-0.2, -0.15) is 0 Å². The van der Waals surface area contributed by atoms with Crippen molar-refractivity contribution in [3.05, 3.63) is 12.7 Å². The zero-order chi connectivity index (χ0) is 17.1. The van der Waals surface area contributed by atoms with E-state index >= 15 is 0 Å². The molecule has 3 heterocycles. The number of aliphatic hydroxyl groups excluding tert-OH is 2. The molecule has 1 saturated heterocycles. The van der Waals surface area contributed by atoms with Gasteiger partial charge in [-0.1, -0.05) is 13.3 Å². The number of imidazole rings is 1. The lowest BCUT2D eigenvalue weighted by atomic mass is 10.1. The minimum atomic E-state index is -1.14. The molecule has 0 unspecified atom stereocenters. The van der Waals surface area contributed by atoms with E-state index in [4.69, 9.17) is 15.3 Å². The van der Waals surface area contributed by atoms with E-state index in [0.29, 0.717) is 17.7 Å². The maximum absolute atomic E-state index is 10.3. The number of ether oxygens (including phenoxy) is 1. The number of unbranched alkanes of at least 4 members (excludes halogenated alkanes) is 1. The highest BCUT2D eigenvalue weighted by Gasteiger charge is 2.44. The summed E-state index contributed by atoms with van der Waals surface area (Å²) in [5.41, 5.74) is 9.41. The third-order valence-corrected chi connectivity index (χ3v) is 3.98. The molecule has 0 aliphatic carbocycles. The van der Waals surface area contributed by atoms with Gasteiger partial charge in [-0.15, -0.1) is 0 Å². The number of hydroxylamine groups is 1. The number of nitrogens with one attached hydrogen (secondary N) is 1. The second kappa shape index (κ2) is 7.36. The van der Waals surface area contributed by atoms with E-state index in [1.807, 2.05) is 0 Å². The van der Waals surface area contributed by atoms with Gasteiger partial charge in [0.15, 0.2) is 17.7 Å². The zero-order valence-electron chi connectivity index (χ0n) is 13.4. The van der Waals surface area contributed by atoms with Gasteiger partial charge in [-0.25, -0.2) is 20.4 Å². The maximum Gasteiger partial charge on any atom is 0.167 e. The van der Waals surface area contributed by atoms with Gasteiger partial charge >= 0.3 is 0 Å². The molecule has 0 spiro atoms. The third kappa shape index (κ3) is 3.19. The molecule has 2 aromatic heterocycles. The van der Waals surface area contributed by atoms with Crippen LogP contribution in [0.3, 0.4) is 0 Å². The number of aromatic nitrogens is 4. The smallest absolute Gasteiger partial charge is 0.167 e. The summed E-state index contributed by atoms with van der Waals surface area (Å²) in [5.74, 6) is 0.242. The average Bonchev–Trinajstić information content (AvgIpc) is 3.12. The lowest BCUT2D eigenvalue weighted by molar-refractivity contribution is -0.0859. The van der Waals surface area contributed by atoms with Crippen LogP contribution in [0.15, 0.2) is 12.7 Å². The number of nitrogens with two attached hydrogens (primary N) is 1. The fourth-order valence-corrected chi connectivity index (χ4v) is 2.62. The topological polar surface area (TPSA) is 141 Å². The molecule has 10 heteroatoms. The molecule has 3 rings (SSSR count). The molecule has 0 saturated carbocycles. The second-order valence-corrected chi connectivity index (χ2v) is 5.69. The van der Waals surface area contributed by atoms with Crippen molar-refractivity contribution >= 4 is 17.0 Å². The van der Waals surface area contributed by atoms with Crippen molar-refractivity contribution in [3.63, 3.8) is 0 Å². The molecular formula is C14H22N6O4. The number of nitrogens with zero attached hydrogens (tertiary/aromatic N) is 4. The number of fused-ring (bicyclic) bond motifs is 1. The largest absolute Gasteiger partial charge is 0.387 e. The van der Waals surface area contributed by atoms with Crippen LogP contribution in [0.4, 0.5) is 5.82 Å². The Hall–Kier alpha value is -1.85. The van der Waals surface area contributed by atoms with Crippen LogP contribution < -0.4 is 11.2 Å². The summed E-state index contributed by atoms with van der Waals surface area (Å²) in [5, 5.41) is 20.5. The standard InChI is InChI=1S/C14H22N6O4/c1-2-3-4-19-23-5-8-10(21)11(22)14(24-8)20-7-18-9-12(15)16-6-17-13(9)20/h6-8,10-11,14,19,21-22H,2-5H2,1H3,(H2,15,16,17)/t8-,10-,11-,14-/m1/s1. The molecule has 0 bridgehead atoms. The van der Waals surface area contributed by atoms with Crippen molar-refractivity contribution in [1.82, 2.24) is 25.0 Å². The first-order valence-electron chi connectivity index (χ1n) is 7.92. The summed E-state index contributed by atoms with van der Waals surface area (Å²) in [6.45, 7) is 2.91. The van der Waals surface area contributed by atoms with E-state index in [-0.39, 0.29) is 12.4 Å². The van der Waals surface area contributed by atoms with Crippen molar-refractivity contribution in [1.29, 1.82) is 0 Å². The molecule has 5 N–H and O–H groups in total. The van der Waals surface area contributed by atoms with Crippen LogP contribution in [0.2, 0.25) is 0 Å². The number of anilines is 1. The summed E-state index contributed by atoms with van der Waals surface area (Å²) < 4.78 is 7.28. The summed E-state index contributed by atoms with van der Waals surface area (Å²) in [4.78, 5) is 17.4. The van der Waals surface area contributed by atoms with Crippen LogP contribution in [0.5, 0.6) is 0 Å². The van der Waals surface area contributed by atoms with Crippen molar-refractivity contribution < 1.29 is 19.8 Å². The van der Waals surface area contributed by atoms with Crippen molar-refractivity contribution in [3.8, 4) is 0 Å². The minimum Gasteiger partial charge on any atom is -0.387 e. The van der Waals surface area contributed by atoms with Crippen LogP contribution >= 0.6 is 0 Å². The Kier molecular flexibility index (Phi) is 5.21. The van der Waals surface area contributed by atoms with Gasteiger partial charge in [0.05, 0.1) is 12.9 Å². The highest BCUT2D eigenvalue weighted by Crippen LogP contribution is 2.31. The SMILES string of the molecule is CCCCNOC[C@H]1O[C@@H](n2cnc3c(N)ncnc32)[C@H](O)[C@@H]1O. The molecule has 0 aromatic carbocycles. The van der Waals surface area contributed by atoms with E-state index < -0.39 is 24.5 Å². The van der Waals surface area contributed by atoms with Crippen LogP contribution in [0, 0.1) is 0 Å². The Balaban J connectivity index is 1.69. The predicted octanol–water partition coefficient (Wildman–Crippen LogP) is -0.651. The van der Waals surface area contributed by atoms with E-state index in [0.717, 1.165) is 12.8 Å². The first-order chi connectivity index (χ1) is 11.6.